The van der Waals surface area contributed by atoms with Crippen molar-refractivity contribution in [2.45, 2.75) is 6.92 Å². The average molecular weight is 292 g/mol. The SMILES string of the molecule is CCOC(=O)c1cc(F)cc(Br)c1[N+](=O)[O-]. The summed E-state index contributed by atoms with van der Waals surface area (Å²) in [5.74, 6) is -1.67. The first-order valence-electron chi connectivity index (χ1n) is 4.28. The van der Waals surface area contributed by atoms with Gasteiger partial charge in [0, 0.05) is 0 Å². The molecule has 16 heavy (non-hydrogen) atoms. The highest BCUT2D eigenvalue weighted by molar-refractivity contribution is 9.10. The number of hydrogen-bond donors (Lipinski definition) is 0. The van der Waals surface area contributed by atoms with E-state index in [-0.39, 0.29) is 11.1 Å². The van der Waals surface area contributed by atoms with Gasteiger partial charge in [-0.05, 0) is 35.0 Å². The van der Waals surface area contributed by atoms with Crippen LogP contribution in [-0.4, -0.2) is 17.5 Å². The molecule has 0 bridgehead atoms. The van der Waals surface area contributed by atoms with E-state index in [4.69, 9.17) is 0 Å². The van der Waals surface area contributed by atoms with Crippen molar-refractivity contribution in [3.63, 3.8) is 0 Å². The summed E-state index contributed by atoms with van der Waals surface area (Å²) >= 11 is 2.83. The predicted molar refractivity (Wildman–Crippen MR) is 56.7 cm³/mol. The molecule has 86 valence electrons. The van der Waals surface area contributed by atoms with E-state index >= 15 is 0 Å². The van der Waals surface area contributed by atoms with Crippen LogP contribution < -0.4 is 0 Å². The fourth-order valence-electron chi connectivity index (χ4n) is 1.12. The van der Waals surface area contributed by atoms with Crippen molar-refractivity contribution in [1.82, 2.24) is 0 Å². The molecule has 0 atom stereocenters. The molecule has 0 amide bonds. The highest BCUT2D eigenvalue weighted by Gasteiger charge is 2.25. The van der Waals surface area contributed by atoms with E-state index in [0.717, 1.165) is 12.1 Å². The Balaban J connectivity index is 3.35. The maximum Gasteiger partial charge on any atom is 0.345 e. The lowest BCUT2D eigenvalue weighted by Crippen LogP contribution is -2.09. The molecule has 0 fully saturated rings. The molecule has 0 aliphatic carbocycles. The summed E-state index contributed by atoms with van der Waals surface area (Å²) in [6.07, 6.45) is 0. The van der Waals surface area contributed by atoms with Crippen LogP contribution in [0.3, 0.4) is 0 Å². The number of nitro groups is 1. The molecule has 0 spiro atoms. The van der Waals surface area contributed by atoms with Crippen molar-refractivity contribution in [3.05, 3.63) is 38.1 Å². The fraction of sp³-hybridized carbons (Fsp3) is 0.222. The number of carbonyl (C=O) groups is 1. The van der Waals surface area contributed by atoms with Crippen molar-refractivity contribution in [2.24, 2.45) is 0 Å². The summed E-state index contributed by atoms with van der Waals surface area (Å²) in [5.41, 5.74) is -0.904. The third kappa shape index (κ3) is 2.54. The predicted octanol–water partition coefficient (Wildman–Crippen LogP) is 2.67. The lowest BCUT2D eigenvalue weighted by molar-refractivity contribution is -0.386. The molecule has 0 saturated carbocycles. The van der Waals surface area contributed by atoms with Gasteiger partial charge in [0.05, 0.1) is 16.0 Å². The van der Waals surface area contributed by atoms with E-state index in [2.05, 4.69) is 20.7 Å². The van der Waals surface area contributed by atoms with Crippen LogP contribution >= 0.6 is 15.9 Å². The second-order valence-electron chi connectivity index (χ2n) is 2.76. The van der Waals surface area contributed by atoms with Gasteiger partial charge in [0.2, 0.25) is 0 Å². The zero-order chi connectivity index (χ0) is 12.3. The van der Waals surface area contributed by atoms with Gasteiger partial charge < -0.3 is 4.74 Å². The number of hydrogen-bond acceptors (Lipinski definition) is 4. The molecule has 5 nitrogen and oxygen atoms in total. The molecule has 0 radical (unpaired) electrons. The molecule has 1 aromatic rings. The van der Waals surface area contributed by atoms with Crippen LogP contribution in [0.2, 0.25) is 0 Å². The van der Waals surface area contributed by atoms with Crippen LogP contribution in [0.15, 0.2) is 16.6 Å². The summed E-state index contributed by atoms with van der Waals surface area (Å²) < 4.78 is 17.5. The number of carbonyl (C=O) groups excluding carboxylic acids is 1. The largest absolute Gasteiger partial charge is 0.462 e. The van der Waals surface area contributed by atoms with E-state index in [0.29, 0.717) is 0 Å². The molecule has 0 aromatic heterocycles. The van der Waals surface area contributed by atoms with Gasteiger partial charge in [-0.3, -0.25) is 10.1 Å². The van der Waals surface area contributed by atoms with Gasteiger partial charge in [-0.15, -0.1) is 0 Å². The van der Waals surface area contributed by atoms with Crippen molar-refractivity contribution < 1.29 is 18.8 Å². The van der Waals surface area contributed by atoms with Gasteiger partial charge in [0.25, 0.3) is 5.69 Å². The highest BCUT2D eigenvalue weighted by atomic mass is 79.9. The number of halogens is 2. The van der Waals surface area contributed by atoms with E-state index in [9.17, 15) is 19.3 Å². The van der Waals surface area contributed by atoms with Gasteiger partial charge in [-0.2, -0.15) is 0 Å². The molecule has 0 saturated heterocycles. The second-order valence-corrected chi connectivity index (χ2v) is 3.62. The first-order valence-corrected chi connectivity index (χ1v) is 5.07. The van der Waals surface area contributed by atoms with E-state index in [1.165, 1.54) is 0 Å². The molecule has 0 aliphatic rings. The standard InChI is InChI=1S/C9H7BrFNO4/c1-2-16-9(13)6-3-5(11)4-7(10)8(6)12(14)15/h3-4H,2H2,1H3. The number of nitrogens with zero attached hydrogens (tertiary/aromatic N) is 1. The second kappa shape index (κ2) is 5.02. The third-order valence-electron chi connectivity index (χ3n) is 1.71. The Morgan fingerprint density at radius 2 is 2.25 bits per heavy atom. The number of ether oxygens (including phenoxy) is 1. The molecule has 0 heterocycles. The lowest BCUT2D eigenvalue weighted by Gasteiger charge is -2.04. The zero-order valence-corrected chi connectivity index (χ0v) is 9.78. The maximum atomic E-state index is 13.0. The first kappa shape index (κ1) is 12.6. The summed E-state index contributed by atoms with van der Waals surface area (Å²) in [4.78, 5) is 21.3. The minimum absolute atomic E-state index is 0.0596. The first-order chi connectivity index (χ1) is 7.47. The molecule has 0 N–H and O–H groups in total. The Morgan fingerprint density at radius 1 is 1.62 bits per heavy atom. The summed E-state index contributed by atoms with van der Waals surface area (Å²) in [7, 11) is 0. The van der Waals surface area contributed by atoms with E-state index in [1.807, 2.05) is 0 Å². The number of rotatable bonds is 3. The number of benzene rings is 1. The van der Waals surface area contributed by atoms with Gasteiger partial charge >= 0.3 is 5.97 Å². The third-order valence-corrected chi connectivity index (χ3v) is 2.31. The van der Waals surface area contributed by atoms with Crippen LogP contribution in [0.5, 0.6) is 0 Å². The Hall–Kier alpha value is -1.50. The van der Waals surface area contributed by atoms with Gasteiger partial charge in [0.15, 0.2) is 0 Å². The number of esters is 1. The van der Waals surface area contributed by atoms with Crippen LogP contribution in [0, 0.1) is 15.9 Å². The van der Waals surface area contributed by atoms with Gasteiger partial charge in [-0.25, -0.2) is 9.18 Å². The minimum Gasteiger partial charge on any atom is -0.462 e. The Bertz CT molecular complexity index is 449. The maximum absolute atomic E-state index is 13.0. The minimum atomic E-state index is -0.922. The van der Waals surface area contributed by atoms with Crippen LogP contribution in [0.1, 0.15) is 17.3 Å². The number of nitro benzene ring substituents is 1. The molecule has 1 rings (SSSR count). The van der Waals surface area contributed by atoms with E-state index < -0.39 is 28.0 Å². The van der Waals surface area contributed by atoms with Crippen LogP contribution in [-0.2, 0) is 4.74 Å². The van der Waals surface area contributed by atoms with Crippen LogP contribution in [0.25, 0.3) is 0 Å². The van der Waals surface area contributed by atoms with Gasteiger partial charge in [0.1, 0.15) is 11.4 Å². The van der Waals surface area contributed by atoms with Gasteiger partial charge in [-0.1, -0.05) is 0 Å². The van der Waals surface area contributed by atoms with Crippen molar-refractivity contribution in [3.8, 4) is 0 Å². The summed E-state index contributed by atoms with van der Waals surface area (Å²) in [6.45, 7) is 1.61. The Kier molecular flexibility index (Phi) is 3.94. The molecule has 1 aromatic carbocycles. The molecule has 0 unspecified atom stereocenters. The molecular formula is C9H7BrFNO4. The van der Waals surface area contributed by atoms with Crippen molar-refractivity contribution >= 4 is 27.6 Å². The summed E-state index contributed by atoms with van der Waals surface area (Å²) in [6, 6.07) is 1.70. The monoisotopic (exact) mass is 291 g/mol. The molecule has 0 aliphatic heterocycles. The Labute approximate surface area is 98.5 Å². The quantitative estimate of drug-likeness (QED) is 0.488. The highest BCUT2D eigenvalue weighted by Crippen LogP contribution is 2.30. The smallest absolute Gasteiger partial charge is 0.345 e. The molecular weight excluding hydrogens is 285 g/mol. The lowest BCUT2D eigenvalue weighted by atomic mass is 10.2. The summed E-state index contributed by atoms with van der Waals surface area (Å²) in [5, 5.41) is 10.7. The average Bonchev–Trinajstić information content (AvgIpc) is 2.15. The molecule has 7 heteroatoms. The fourth-order valence-corrected chi connectivity index (χ4v) is 1.69. The van der Waals surface area contributed by atoms with E-state index in [1.54, 1.807) is 6.92 Å². The topological polar surface area (TPSA) is 69.4 Å². The normalized spacial score (nSPS) is 9.94. The van der Waals surface area contributed by atoms with Crippen molar-refractivity contribution in [2.75, 3.05) is 6.61 Å². The van der Waals surface area contributed by atoms with Crippen molar-refractivity contribution in [1.29, 1.82) is 0 Å². The Morgan fingerprint density at radius 3 is 2.75 bits per heavy atom. The van der Waals surface area contributed by atoms with Crippen LogP contribution in [0.4, 0.5) is 10.1 Å². The zero-order valence-electron chi connectivity index (χ0n) is 8.20.